The molecule has 138 valence electrons. The standard InChI is InChI=1S/C22H17N3O2S/c1-15-14-24-22-20(11-10-19(21(15)22)17-7-3-2-4-8-17)25-28(26,27)18-9-5-6-16(12-18)13-23/h2-12,14,24-25H,1H3. The van der Waals surface area contributed by atoms with Gasteiger partial charge in [-0.3, -0.25) is 4.72 Å². The quantitative estimate of drug-likeness (QED) is 0.527. The normalized spacial score (nSPS) is 11.3. The fourth-order valence-corrected chi connectivity index (χ4v) is 4.41. The van der Waals surface area contributed by atoms with Gasteiger partial charge in [0, 0.05) is 11.6 Å². The minimum absolute atomic E-state index is 0.0510. The minimum Gasteiger partial charge on any atom is -0.359 e. The molecule has 0 saturated carbocycles. The maximum atomic E-state index is 12.8. The van der Waals surface area contributed by atoms with Crippen molar-refractivity contribution in [3.63, 3.8) is 0 Å². The molecule has 6 heteroatoms. The Morgan fingerprint density at radius 3 is 2.54 bits per heavy atom. The van der Waals surface area contributed by atoms with Gasteiger partial charge in [0.1, 0.15) is 0 Å². The molecular formula is C22H17N3O2S. The number of nitriles is 1. The number of rotatable bonds is 4. The lowest BCUT2D eigenvalue weighted by Crippen LogP contribution is -2.13. The van der Waals surface area contributed by atoms with Crippen molar-refractivity contribution in [3.8, 4) is 17.2 Å². The van der Waals surface area contributed by atoms with Crippen LogP contribution < -0.4 is 4.72 Å². The summed E-state index contributed by atoms with van der Waals surface area (Å²) >= 11 is 0. The van der Waals surface area contributed by atoms with Gasteiger partial charge in [-0.2, -0.15) is 5.26 Å². The van der Waals surface area contributed by atoms with Crippen molar-refractivity contribution >= 4 is 26.6 Å². The van der Waals surface area contributed by atoms with Crippen molar-refractivity contribution in [2.75, 3.05) is 4.72 Å². The highest BCUT2D eigenvalue weighted by Gasteiger charge is 2.18. The molecule has 4 rings (SSSR count). The summed E-state index contributed by atoms with van der Waals surface area (Å²) in [5, 5.41) is 10.00. The molecule has 0 spiro atoms. The van der Waals surface area contributed by atoms with E-state index in [1.54, 1.807) is 18.2 Å². The van der Waals surface area contributed by atoms with E-state index in [2.05, 4.69) is 9.71 Å². The number of aromatic nitrogens is 1. The number of aromatic amines is 1. The van der Waals surface area contributed by atoms with Gasteiger partial charge in [-0.15, -0.1) is 0 Å². The number of fused-ring (bicyclic) bond motifs is 1. The van der Waals surface area contributed by atoms with Crippen LogP contribution in [0.2, 0.25) is 0 Å². The van der Waals surface area contributed by atoms with Crippen LogP contribution in [0.15, 0.2) is 77.8 Å². The summed E-state index contributed by atoms with van der Waals surface area (Å²) in [5.74, 6) is 0. The smallest absolute Gasteiger partial charge is 0.262 e. The van der Waals surface area contributed by atoms with Crippen LogP contribution >= 0.6 is 0 Å². The van der Waals surface area contributed by atoms with Crippen LogP contribution in [0, 0.1) is 18.3 Å². The molecule has 0 atom stereocenters. The van der Waals surface area contributed by atoms with Crippen molar-refractivity contribution in [1.82, 2.24) is 4.98 Å². The summed E-state index contributed by atoms with van der Waals surface area (Å²) in [5.41, 5.74) is 4.60. The fraction of sp³-hybridized carbons (Fsp3) is 0.0455. The third kappa shape index (κ3) is 3.13. The van der Waals surface area contributed by atoms with E-state index in [4.69, 9.17) is 5.26 Å². The van der Waals surface area contributed by atoms with Gasteiger partial charge in [0.2, 0.25) is 0 Å². The van der Waals surface area contributed by atoms with Gasteiger partial charge in [0.15, 0.2) is 0 Å². The van der Waals surface area contributed by atoms with E-state index in [-0.39, 0.29) is 4.90 Å². The van der Waals surface area contributed by atoms with Gasteiger partial charge in [-0.1, -0.05) is 42.5 Å². The molecule has 0 aliphatic rings. The molecular weight excluding hydrogens is 370 g/mol. The third-order valence-electron chi connectivity index (χ3n) is 4.64. The molecule has 3 aromatic carbocycles. The molecule has 0 unspecified atom stereocenters. The van der Waals surface area contributed by atoms with Gasteiger partial charge in [0.05, 0.1) is 27.7 Å². The number of hydrogen-bond acceptors (Lipinski definition) is 3. The van der Waals surface area contributed by atoms with E-state index in [1.807, 2.05) is 55.6 Å². The van der Waals surface area contributed by atoms with Crippen LogP contribution in [0.5, 0.6) is 0 Å². The van der Waals surface area contributed by atoms with Crippen LogP contribution in [0.4, 0.5) is 5.69 Å². The Morgan fingerprint density at radius 1 is 1.00 bits per heavy atom. The zero-order valence-corrected chi connectivity index (χ0v) is 15.9. The van der Waals surface area contributed by atoms with Crippen LogP contribution in [-0.4, -0.2) is 13.4 Å². The molecule has 0 aliphatic carbocycles. The Bertz CT molecular complexity index is 1320. The molecule has 1 aromatic heterocycles. The fourth-order valence-electron chi connectivity index (χ4n) is 3.29. The van der Waals surface area contributed by atoms with Crippen molar-refractivity contribution < 1.29 is 8.42 Å². The summed E-state index contributed by atoms with van der Waals surface area (Å²) in [6, 6.07) is 21.6. The summed E-state index contributed by atoms with van der Waals surface area (Å²) in [7, 11) is -3.83. The highest BCUT2D eigenvalue weighted by atomic mass is 32.2. The molecule has 0 saturated heterocycles. The first-order chi connectivity index (χ1) is 13.5. The molecule has 0 bridgehead atoms. The zero-order chi connectivity index (χ0) is 19.7. The Kier molecular flexibility index (Phi) is 4.38. The average molecular weight is 387 g/mol. The van der Waals surface area contributed by atoms with Crippen LogP contribution in [0.25, 0.3) is 22.0 Å². The lowest BCUT2D eigenvalue weighted by molar-refractivity contribution is 0.601. The van der Waals surface area contributed by atoms with Crippen molar-refractivity contribution in [1.29, 1.82) is 5.26 Å². The molecule has 1 heterocycles. The first-order valence-electron chi connectivity index (χ1n) is 8.69. The van der Waals surface area contributed by atoms with E-state index < -0.39 is 10.0 Å². The number of benzene rings is 3. The number of hydrogen-bond donors (Lipinski definition) is 2. The molecule has 4 aromatic rings. The number of anilines is 1. The zero-order valence-electron chi connectivity index (χ0n) is 15.1. The largest absolute Gasteiger partial charge is 0.359 e. The molecule has 0 radical (unpaired) electrons. The maximum Gasteiger partial charge on any atom is 0.262 e. The van der Waals surface area contributed by atoms with Crippen LogP contribution in [-0.2, 0) is 10.0 Å². The minimum atomic E-state index is -3.83. The molecule has 28 heavy (non-hydrogen) atoms. The Labute approximate surface area is 163 Å². The second-order valence-corrected chi connectivity index (χ2v) is 8.18. The molecule has 0 fully saturated rings. The van der Waals surface area contributed by atoms with Crippen LogP contribution in [0.3, 0.4) is 0 Å². The van der Waals surface area contributed by atoms with Crippen LogP contribution in [0.1, 0.15) is 11.1 Å². The first kappa shape index (κ1) is 17.8. The summed E-state index contributed by atoms with van der Waals surface area (Å²) in [6.45, 7) is 1.99. The van der Waals surface area contributed by atoms with E-state index >= 15 is 0 Å². The van der Waals surface area contributed by atoms with Crippen molar-refractivity contribution in [3.05, 3.63) is 84.1 Å². The van der Waals surface area contributed by atoms with Gasteiger partial charge < -0.3 is 4.98 Å². The van der Waals surface area contributed by atoms with Gasteiger partial charge in [-0.25, -0.2) is 8.42 Å². The second kappa shape index (κ2) is 6.87. The highest BCUT2D eigenvalue weighted by Crippen LogP contribution is 2.35. The number of aryl methyl sites for hydroxylation is 1. The van der Waals surface area contributed by atoms with Gasteiger partial charge in [-0.05, 0) is 47.9 Å². The van der Waals surface area contributed by atoms with E-state index in [0.29, 0.717) is 11.3 Å². The number of nitrogens with zero attached hydrogens (tertiary/aromatic N) is 1. The SMILES string of the molecule is Cc1c[nH]c2c(NS(=O)(=O)c3cccc(C#N)c3)ccc(-c3ccccc3)c12. The Hall–Kier alpha value is -3.56. The van der Waals surface area contributed by atoms with Gasteiger partial charge in [0.25, 0.3) is 10.0 Å². The molecule has 2 N–H and O–H groups in total. The Balaban J connectivity index is 1.82. The van der Waals surface area contributed by atoms with Crippen molar-refractivity contribution in [2.45, 2.75) is 11.8 Å². The first-order valence-corrected chi connectivity index (χ1v) is 10.2. The van der Waals surface area contributed by atoms with Gasteiger partial charge >= 0.3 is 0 Å². The Morgan fingerprint density at radius 2 is 1.79 bits per heavy atom. The lowest BCUT2D eigenvalue weighted by Gasteiger charge is -2.12. The molecule has 0 aliphatic heterocycles. The van der Waals surface area contributed by atoms with E-state index in [9.17, 15) is 8.42 Å². The highest BCUT2D eigenvalue weighted by molar-refractivity contribution is 7.92. The summed E-state index contributed by atoms with van der Waals surface area (Å²) < 4.78 is 28.3. The predicted octanol–water partition coefficient (Wildman–Crippen LogP) is 4.82. The number of sulfonamides is 1. The number of H-pyrrole nitrogens is 1. The molecule has 0 amide bonds. The monoisotopic (exact) mass is 387 g/mol. The van der Waals surface area contributed by atoms with E-state index in [0.717, 1.165) is 27.6 Å². The third-order valence-corrected chi connectivity index (χ3v) is 6.00. The average Bonchev–Trinajstić information content (AvgIpc) is 3.11. The summed E-state index contributed by atoms with van der Waals surface area (Å²) in [4.78, 5) is 3.23. The second-order valence-electron chi connectivity index (χ2n) is 6.49. The summed E-state index contributed by atoms with van der Waals surface area (Å²) in [6.07, 6.45) is 1.87. The topological polar surface area (TPSA) is 85.8 Å². The van der Waals surface area contributed by atoms with Crippen molar-refractivity contribution in [2.24, 2.45) is 0 Å². The number of nitrogens with one attached hydrogen (secondary N) is 2. The molecule has 5 nitrogen and oxygen atoms in total. The van der Waals surface area contributed by atoms with E-state index in [1.165, 1.54) is 12.1 Å². The lowest BCUT2D eigenvalue weighted by atomic mass is 9.99. The maximum absolute atomic E-state index is 12.8. The predicted molar refractivity (Wildman–Crippen MR) is 110 cm³/mol.